The fourth-order valence-electron chi connectivity index (χ4n) is 1.46. The molecule has 0 aliphatic carbocycles. The summed E-state index contributed by atoms with van der Waals surface area (Å²) in [6.07, 6.45) is 1.84. The van der Waals surface area contributed by atoms with E-state index in [-0.39, 0.29) is 0 Å². The molecule has 1 aromatic rings. The van der Waals surface area contributed by atoms with Crippen LogP contribution in [0.4, 0.5) is 4.39 Å². The molecule has 2 heteroatoms. The first-order valence-corrected chi connectivity index (χ1v) is 4.88. The molecule has 14 heavy (non-hydrogen) atoms. The molecule has 0 radical (unpaired) electrons. The molecule has 1 aromatic carbocycles. The molecule has 0 aromatic heterocycles. The Morgan fingerprint density at radius 1 is 1.43 bits per heavy atom. The van der Waals surface area contributed by atoms with Gasteiger partial charge in [0.25, 0.3) is 0 Å². The minimum Gasteiger partial charge on any atom is -0.303 e. The second-order valence-electron chi connectivity index (χ2n) is 3.51. The van der Waals surface area contributed by atoms with Crippen LogP contribution in [0.25, 0.3) is 0 Å². The van der Waals surface area contributed by atoms with Crippen molar-refractivity contribution in [1.82, 2.24) is 0 Å². The van der Waals surface area contributed by atoms with E-state index < -0.39 is 6.17 Å². The number of alkyl halides is 1. The Kier molecular flexibility index (Phi) is 4.30. The van der Waals surface area contributed by atoms with Crippen LogP contribution in [0.2, 0.25) is 0 Å². The van der Waals surface area contributed by atoms with Gasteiger partial charge < -0.3 is 4.79 Å². The molecule has 0 heterocycles. The van der Waals surface area contributed by atoms with Crippen molar-refractivity contribution in [3.05, 3.63) is 35.4 Å². The number of rotatable bonds is 5. The first kappa shape index (κ1) is 10.9. The summed E-state index contributed by atoms with van der Waals surface area (Å²) in [6.45, 7) is 1.55. The van der Waals surface area contributed by atoms with E-state index in [9.17, 15) is 9.18 Å². The molecule has 0 saturated heterocycles. The highest BCUT2D eigenvalue weighted by atomic mass is 19.1. The van der Waals surface area contributed by atoms with Crippen LogP contribution in [0.3, 0.4) is 0 Å². The third kappa shape index (κ3) is 3.69. The Morgan fingerprint density at radius 3 is 2.79 bits per heavy atom. The lowest BCUT2D eigenvalue weighted by atomic mass is 10.0. The van der Waals surface area contributed by atoms with Gasteiger partial charge in [0, 0.05) is 12.8 Å². The van der Waals surface area contributed by atoms with Crippen molar-refractivity contribution in [2.45, 2.75) is 32.4 Å². The largest absolute Gasteiger partial charge is 0.303 e. The maximum atomic E-state index is 12.7. The molecule has 0 fully saturated rings. The zero-order chi connectivity index (χ0) is 10.4. The van der Waals surface area contributed by atoms with Crippen LogP contribution >= 0.6 is 0 Å². The molecular weight excluding hydrogens is 179 g/mol. The molecule has 0 saturated carbocycles. The van der Waals surface area contributed by atoms with Crippen LogP contribution in [0.15, 0.2) is 24.3 Å². The molecule has 76 valence electrons. The molecule has 1 nitrogen and oxygen atoms in total. The lowest BCUT2D eigenvalue weighted by molar-refractivity contribution is -0.107. The standard InChI is InChI=1S/C12H15FO/c1-10(13)8-12-5-2-4-11(9-12)6-3-7-14/h2,4-5,7,9-10H,3,6,8H2,1H3. The van der Waals surface area contributed by atoms with Crippen LogP contribution in [-0.2, 0) is 17.6 Å². The highest BCUT2D eigenvalue weighted by Crippen LogP contribution is 2.10. The Balaban J connectivity index is 2.63. The zero-order valence-corrected chi connectivity index (χ0v) is 8.37. The van der Waals surface area contributed by atoms with Crippen LogP contribution in [0, 0.1) is 0 Å². The van der Waals surface area contributed by atoms with Gasteiger partial charge in [-0.25, -0.2) is 4.39 Å². The number of halogens is 1. The van der Waals surface area contributed by atoms with Gasteiger partial charge in [0.05, 0.1) is 0 Å². The van der Waals surface area contributed by atoms with Crippen molar-refractivity contribution in [1.29, 1.82) is 0 Å². The van der Waals surface area contributed by atoms with E-state index in [1.165, 1.54) is 0 Å². The van der Waals surface area contributed by atoms with Crippen LogP contribution in [0.5, 0.6) is 0 Å². The van der Waals surface area contributed by atoms with Gasteiger partial charge >= 0.3 is 0 Å². The van der Waals surface area contributed by atoms with Gasteiger partial charge in [-0.3, -0.25) is 0 Å². The summed E-state index contributed by atoms with van der Waals surface area (Å²) in [4.78, 5) is 10.2. The third-order valence-electron chi connectivity index (χ3n) is 2.06. The lowest BCUT2D eigenvalue weighted by Gasteiger charge is -2.04. The second kappa shape index (κ2) is 5.53. The minimum absolute atomic E-state index is 0.453. The fourth-order valence-corrected chi connectivity index (χ4v) is 1.46. The molecule has 0 amide bonds. The smallest absolute Gasteiger partial charge is 0.120 e. The van der Waals surface area contributed by atoms with Crippen molar-refractivity contribution >= 4 is 6.29 Å². The Morgan fingerprint density at radius 2 is 2.14 bits per heavy atom. The van der Waals surface area contributed by atoms with Gasteiger partial charge in [-0.05, 0) is 24.5 Å². The van der Waals surface area contributed by atoms with Crippen molar-refractivity contribution in [2.75, 3.05) is 0 Å². The molecule has 0 bridgehead atoms. The lowest BCUT2D eigenvalue weighted by Crippen LogP contribution is -1.99. The van der Waals surface area contributed by atoms with Gasteiger partial charge in [-0.1, -0.05) is 24.3 Å². The summed E-state index contributed by atoms with van der Waals surface area (Å²) in [5, 5.41) is 0. The number of carbonyl (C=O) groups is 1. The number of benzene rings is 1. The van der Waals surface area contributed by atoms with E-state index in [2.05, 4.69) is 0 Å². The molecular formula is C12H15FO. The van der Waals surface area contributed by atoms with Crippen molar-refractivity contribution in [2.24, 2.45) is 0 Å². The molecule has 0 aliphatic rings. The number of aryl methyl sites for hydroxylation is 1. The van der Waals surface area contributed by atoms with Crippen molar-refractivity contribution in [3.63, 3.8) is 0 Å². The van der Waals surface area contributed by atoms with Gasteiger partial charge in [0.2, 0.25) is 0 Å². The van der Waals surface area contributed by atoms with E-state index in [1.54, 1.807) is 6.92 Å². The topological polar surface area (TPSA) is 17.1 Å². The number of hydrogen-bond donors (Lipinski definition) is 0. The van der Waals surface area contributed by atoms with Gasteiger partial charge in [0.1, 0.15) is 12.5 Å². The van der Waals surface area contributed by atoms with Crippen molar-refractivity contribution in [3.8, 4) is 0 Å². The van der Waals surface area contributed by atoms with E-state index in [0.717, 1.165) is 23.8 Å². The SMILES string of the molecule is CC(F)Cc1cccc(CCC=O)c1. The molecule has 1 atom stereocenters. The molecule has 1 rings (SSSR count). The summed E-state index contributed by atoms with van der Waals surface area (Å²) < 4.78 is 12.7. The molecule has 0 N–H and O–H groups in total. The first-order valence-electron chi connectivity index (χ1n) is 4.88. The predicted molar refractivity (Wildman–Crippen MR) is 55.1 cm³/mol. The quantitative estimate of drug-likeness (QED) is 0.659. The highest BCUT2D eigenvalue weighted by molar-refractivity contribution is 5.50. The van der Waals surface area contributed by atoms with E-state index in [0.29, 0.717) is 12.8 Å². The fraction of sp³-hybridized carbons (Fsp3) is 0.417. The predicted octanol–water partition coefficient (Wildman–Crippen LogP) is 2.72. The Bertz CT molecular complexity index is 294. The molecule has 1 unspecified atom stereocenters. The summed E-state index contributed by atoms with van der Waals surface area (Å²) in [5.41, 5.74) is 2.11. The summed E-state index contributed by atoms with van der Waals surface area (Å²) in [5.74, 6) is 0. The Labute approximate surface area is 83.9 Å². The average molecular weight is 194 g/mol. The van der Waals surface area contributed by atoms with Crippen molar-refractivity contribution < 1.29 is 9.18 Å². The van der Waals surface area contributed by atoms with Crippen LogP contribution < -0.4 is 0 Å². The van der Waals surface area contributed by atoms with Gasteiger partial charge in [0.15, 0.2) is 0 Å². The van der Waals surface area contributed by atoms with E-state index in [1.807, 2.05) is 24.3 Å². The number of aldehydes is 1. The van der Waals surface area contributed by atoms with Crippen LogP contribution in [0.1, 0.15) is 24.5 Å². The summed E-state index contributed by atoms with van der Waals surface area (Å²) in [7, 11) is 0. The average Bonchev–Trinajstić information content (AvgIpc) is 2.14. The second-order valence-corrected chi connectivity index (χ2v) is 3.51. The summed E-state index contributed by atoms with van der Waals surface area (Å²) >= 11 is 0. The Hall–Kier alpha value is -1.18. The van der Waals surface area contributed by atoms with E-state index in [4.69, 9.17) is 0 Å². The van der Waals surface area contributed by atoms with Gasteiger partial charge in [-0.2, -0.15) is 0 Å². The van der Waals surface area contributed by atoms with E-state index >= 15 is 0 Å². The van der Waals surface area contributed by atoms with Gasteiger partial charge in [-0.15, -0.1) is 0 Å². The maximum absolute atomic E-state index is 12.7. The number of hydrogen-bond acceptors (Lipinski definition) is 1. The number of carbonyl (C=O) groups excluding carboxylic acids is 1. The first-order chi connectivity index (χ1) is 6.72. The maximum Gasteiger partial charge on any atom is 0.120 e. The zero-order valence-electron chi connectivity index (χ0n) is 8.37. The highest BCUT2D eigenvalue weighted by Gasteiger charge is 2.01. The third-order valence-corrected chi connectivity index (χ3v) is 2.06. The summed E-state index contributed by atoms with van der Waals surface area (Å²) in [6, 6.07) is 7.77. The normalized spacial score (nSPS) is 12.4. The molecule has 0 aliphatic heterocycles. The van der Waals surface area contributed by atoms with Crippen LogP contribution in [-0.4, -0.2) is 12.5 Å². The minimum atomic E-state index is -0.809. The molecule has 0 spiro atoms. The monoisotopic (exact) mass is 194 g/mol.